The molecular formula is C17H22N2O4. The van der Waals surface area contributed by atoms with Crippen LogP contribution in [0.15, 0.2) is 41.0 Å². The van der Waals surface area contributed by atoms with Gasteiger partial charge in [-0.1, -0.05) is 0 Å². The first kappa shape index (κ1) is 16.7. The van der Waals surface area contributed by atoms with Gasteiger partial charge in [0.15, 0.2) is 0 Å². The van der Waals surface area contributed by atoms with Crippen molar-refractivity contribution in [2.75, 3.05) is 17.7 Å². The minimum absolute atomic E-state index is 0.521. The molecule has 6 heteroatoms. The average molecular weight is 318 g/mol. The fraction of sp³-hybridized carbons (Fsp3) is 0.353. The molecule has 0 aliphatic heterocycles. The van der Waals surface area contributed by atoms with Gasteiger partial charge in [-0.15, -0.1) is 0 Å². The number of hydrogen-bond donors (Lipinski definition) is 2. The van der Waals surface area contributed by atoms with Gasteiger partial charge in [-0.05, 0) is 45.0 Å². The van der Waals surface area contributed by atoms with Gasteiger partial charge in [0.05, 0.1) is 25.6 Å². The van der Waals surface area contributed by atoms with E-state index in [9.17, 15) is 4.79 Å². The minimum atomic E-state index is -0.554. The van der Waals surface area contributed by atoms with E-state index in [-0.39, 0.29) is 0 Å². The molecule has 0 radical (unpaired) electrons. The lowest BCUT2D eigenvalue weighted by atomic mass is 10.2. The SMILES string of the molecule is COc1cc(NCc2ccco2)ccc1NC(=O)OC(C)(C)C. The van der Waals surface area contributed by atoms with Gasteiger partial charge in [0.25, 0.3) is 0 Å². The van der Waals surface area contributed by atoms with Crippen molar-refractivity contribution in [2.45, 2.75) is 32.9 Å². The Kier molecular flexibility index (Phi) is 5.16. The number of furan rings is 1. The molecule has 23 heavy (non-hydrogen) atoms. The van der Waals surface area contributed by atoms with Crippen LogP contribution in [0.2, 0.25) is 0 Å². The van der Waals surface area contributed by atoms with Gasteiger partial charge in [0.2, 0.25) is 0 Å². The summed E-state index contributed by atoms with van der Waals surface area (Å²) in [6.45, 7) is 6.00. The summed E-state index contributed by atoms with van der Waals surface area (Å²) in [6.07, 6.45) is 1.11. The number of nitrogens with one attached hydrogen (secondary N) is 2. The molecule has 0 atom stereocenters. The number of rotatable bonds is 5. The van der Waals surface area contributed by atoms with E-state index < -0.39 is 11.7 Å². The van der Waals surface area contributed by atoms with Gasteiger partial charge in [0, 0.05) is 11.8 Å². The Bertz CT molecular complexity index is 645. The van der Waals surface area contributed by atoms with E-state index in [1.165, 1.54) is 0 Å². The molecule has 0 aliphatic carbocycles. The topological polar surface area (TPSA) is 72.7 Å². The Morgan fingerprint density at radius 2 is 2.04 bits per heavy atom. The molecule has 0 saturated carbocycles. The van der Waals surface area contributed by atoms with Crippen LogP contribution < -0.4 is 15.4 Å². The smallest absolute Gasteiger partial charge is 0.412 e. The van der Waals surface area contributed by atoms with Crippen molar-refractivity contribution in [1.29, 1.82) is 0 Å². The van der Waals surface area contributed by atoms with Crippen LogP contribution in [-0.2, 0) is 11.3 Å². The van der Waals surface area contributed by atoms with Crippen molar-refractivity contribution in [3.05, 3.63) is 42.4 Å². The highest BCUT2D eigenvalue weighted by Crippen LogP contribution is 2.28. The maximum atomic E-state index is 11.8. The predicted molar refractivity (Wildman–Crippen MR) is 88.9 cm³/mol. The summed E-state index contributed by atoms with van der Waals surface area (Å²) in [6, 6.07) is 9.13. The minimum Gasteiger partial charge on any atom is -0.494 e. The van der Waals surface area contributed by atoms with E-state index in [4.69, 9.17) is 13.9 Å². The van der Waals surface area contributed by atoms with E-state index >= 15 is 0 Å². The zero-order valence-corrected chi connectivity index (χ0v) is 13.8. The highest BCUT2D eigenvalue weighted by molar-refractivity contribution is 5.87. The van der Waals surface area contributed by atoms with Crippen molar-refractivity contribution in [2.24, 2.45) is 0 Å². The largest absolute Gasteiger partial charge is 0.494 e. The highest BCUT2D eigenvalue weighted by atomic mass is 16.6. The maximum absolute atomic E-state index is 11.8. The second kappa shape index (κ2) is 7.09. The lowest BCUT2D eigenvalue weighted by Gasteiger charge is -2.20. The quantitative estimate of drug-likeness (QED) is 0.862. The Balaban J connectivity index is 2.02. The number of hydrogen-bond acceptors (Lipinski definition) is 5. The number of carbonyl (C=O) groups is 1. The first-order valence-electron chi connectivity index (χ1n) is 7.32. The zero-order chi connectivity index (χ0) is 16.9. The number of benzene rings is 1. The van der Waals surface area contributed by atoms with Crippen LogP contribution in [0, 0.1) is 0 Å². The zero-order valence-electron chi connectivity index (χ0n) is 13.8. The second-order valence-electron chi connectivity index (χ2n) is 5.97. The van der Waals surface area contributed by atoms with Crippen LogP contribution in [0.25, 0.3) is 0 Å². The van der Waals surface area contributed by atoms with Gasteiger partial charge in [0.1, 0.15) is 17.1 Å². The third-order valence-electron chi connectivity index (χ3n) is 2.88. The summed E-state index contributed by atoms with van der Waals surface area (Å²) in [4.78, 5) is 11.8. The Morgan fingerprint density at radius 3 is 2.65 bits per heavy atom. The van der Waals surface area contributed by atoms with Gasteiger partial charge in [-0.3, -0.25) is 5.32 Å². The summed E-state index contributed by atoms with van der Waals surface area (Å²) in [5.74, 6) is 1.38. The maximum Gasteiger partial charge on any atom is 0.412 e. The van der Waals surface area contributed by atoms with E-state index in [2.05, 4.69) is 10.6 Å². The third kappa shape index (κ3) is 5.25. The summed E-state index contributed by atoms with van der Waals surface area (Å²) in [5, 5.41) is 5.91. The monoisotopic (exact) mass is 318 g/mol. The first-order chi connectivity index (χ1) is 10.9. The molecule has 1 heterocycles. The van der Waals surface area contributed by atoms with Crippen molar-refractivity contribution in [3.63, 3.8) is 0 Å². The average Bonchev–Trinajstić information content (AvgIpc) is 2.97. The van der Waals surface area contributed by atoms with Crippen LogP contribution in [0.4, 0.5) is 16.2 Å². The fourth-order valence-corrected chi connectivity index (χ4v) is 1.92. The predicted octanol–water partition coefficient (Wildman–Crippen LogP) is 4.25. The summed E-state index contributed by atoms with van der Waals surface area (Å²) >= 11 is 0. The van der Waals surface area contributed by atoms with Crippen molar-refractivity contribution < 1.29 is 18.7 Å². The molecule has 0 saturated heterocycles. The highest BCUT2D eigenvalue weighted by Gasteiger charge is 2.17. The molecule has 0 fully saturated rings. The van der Waals surface area contributed by atoms with Crippen molar-refractivity contribution in [1.82, 2.24) is 0 Å². The lowest BCUT2D eigenvalue weighted by molar-refractivity contribution is 0.0635. The molecule has 1 aromatic heterocycles. The number of carbonyl (C=O) groups excluding carboxylic acids is 1. The first-order valence-corrected chi connectivity index (χ1v) is 7.32. The molecule has 2 rings (SSSR count). The van der Waals surface area contributed by atoms with Gasteiger partial charge < -0.3 is 19.2 Å². The normalized spacial score (nSPS) is 11.0. The van der Waals surface area contributed by atoms with Crippen LogP contribution in [-0.4, -0.2) is 18.8 Å². The summed E-state index contributed by atoms with van der Waals surface area (Å²) in [7, 11) is 1.55. The fourth-order valence-electron chi connectivity index (χ4n) is 1.92. The molecule has 0 bridgehead atoms. The van der Waals surface area contributed by atoms with Crippen LogP contribution in [0.1, 0.15) is 26.5 Å². The molecule has 6 nitrogen and oxygen atoms in total. The van der Waals surface area contributed by atoms with Gasteiger partial charge in [-0.2, -0.15) is 0 Å². The van der Waals surface area contributed by atoms with Crippen molar-refractivity contribution in [3.8, 4) is 5.75 Å². The molecule has 2 N–H and O–H groups in total. The molecule has 1 amide bonds. The molecule has 1 aromatic carbocycles. The molecule has 0 unspecified atom stereocenters. The second-order valence-corrected chi connectivity index (χ2v) is 5.97. The number of anilines is 2. The van der Waals surface area contributed by atoms with Crippen LogP contribution in [0.5, 0.6) is 5.75 Å². The van der Waals surface area contributed by atoms with E-state index in [0.717, 1.165) is 11.4 Å². The van der Waals surface area contributed by atoms with E-state index in [1.54, 1.807) is 25.5 Å². The molecule has 124 valence electrons. The summed E-state index contributed by atoms with van der Waals surface area (Å²) < 4.78 is 15.8. The Hall–Kier alpha value is -2.63. The Morgan fingerprint density at radius 1 is 1.26 bits per heavy atom. The van der Waals surface area contributed by atoms with Crippen molar-refractivity contribution >= 4 is 17.5 Å². The molecule has 0 aliphatic rings. The van der Waals surface area contributed by atoms with Crippen LogP contribution in [0.3, 0.4) is 0 Å². The van der Waals surface area contributed by atoms with E-state index in [0.29, 0.717) is 18.0 Å². The van der Waals surface area contributed by atoms with Gasteiger partial charge in [-0.25, -0.2) is 4.79 Å². The lowest BCUT2D eigenvalue weighted by Crippen LogP contribution is -2.27. The number of methoxy groups -OCH3 is 1. The standard InChI is InChI=1S/C17H22N2O4/c1-17(2,3)23-16(20)19-14-8-7-12(10-15(14)21-4)18-11-13-6-5-9-22-13/h5-10,18H,11H2,1-4H3,(H,19,20). The van der Waals surface area contributed by atoms with Gasteiger partial charge >= 0.3 is 6.09 Å². The summed E-state index contributed by atoms with van der Waals surface area (Å²) in [5.41, 5.74) is 0.847. The number of ether oxygens (including phenoxy) is 2. The molecule has 0 spiro atoms. The molecular weight excluding hydrogens is 296 g/mol. The number of amides is 1. The van der Waals surface area contributed by atoms with E-state index in [1.807, 2.05) is 39.0 Å². The van der Waals surface area contributed by atoms with Crippen LogP contribution >= 0.6 is 0 Å². The third-order valence-corrected chi connectivity index (χ3v) is 2.88. The Labute approximate surface area is 135 Å². The molecule has 2 aromatic rings.